The summed E-state index contributed by atoms with van der Waals surface area (Å²) in [5.74, 6) is -1.04. The zero-order chi connectivity index (χ0) is 15.4. The molecule has 0 radical (unpaired) electrons. The van der Waals surface area contributed by atoms with Crippen molar-refractivity contribution in [1.82, 2.24) is 9.97 Å². The molecule has 0 fully saturated rings. The Morgan fingerprint density at radius 1 is 1.33 bits per heavy atom. The average Bonchev–Trinajstić information content (AvgIpc) is 2.47. The Labute approximate surface area is 117 Å². The number of ether oxygens (including phenoxy) is 2. The number of aromatic carboxylic acids is 1. The number of carboxylic acids is 1. The predicted molar refractivity (Wildman–Crippen MR) is 68.7 cm³/mol. The molecule has 1 N–H and O–H groups in total. The summed E-state index contributed by atoms with van der Waals surface area (Å²) in [6, 6.07) is 3.74. The third-order valence-electron chi connectivity index (χ3n) is 2.40. The molecule has 0 spiro atoms. The molecule has 2 rings (SSSR count). The van der Waals surface area contributed by atoms with E-state index in [0.29, 0.717) is 0 Å². The summed E-state index contributed by atoms with van der Waals surface area (Å²) in [6.07, 6.45) is 2.29. The van der Waals surface area contributed by atoms with E-state index in [9.17, 15) is 14.9 Å². The van der Waals surface area contributed by atoms with Gasteiger partial charge in [-0.15, -0.1) is 0 Å². The number of nitro benzene ring substituents is 1. The first kappa shape index (κ1) is 14.2. The molecule has 0 atom stereocenters. The molecule has 0 unspecified atom stereocenters. The molecule has 21 heavy (non-hydrogen) atoms. The molecule has 0 saturated carbocycles. The second-order valence-corrected chi connectivity index (χ2v) is 3.74. The molecule has 0 aliphatic heterocycles. The van der Waals surface area contributed by atoms with Crippen LogP contribution in [-0.2, 0) is 0 Å². The Balaban J connectivity index is 2.33. The van der Waals surface area contributed by atoms with Crippen molar-refractivity contribution in [2.45, 2.75) is 0 Å². The van der Waals surface area contributed by atoms with E-state index in [1.807, 2.05) is 0 Å². The lowest BCUT2D eigenvalue weighted by Gasteiger charge is -2.09. The SMILES string of the molecule is COc1cc([N+](=O)[O-])ccc1Oc1cncc(C(=O)O)n1. The lowest BCUT2D eigenvalue weighted by Crippen LogP contribution is -2.02. The topological polar surface area (TPSA) is 125 Å². The minimum atomic E-state index is -1.25. The van der Waals surface area contributed by atoms with Crippen LogP contribution in [0, 0.1) is 10.1 Å². The van der Waals surface area contributed by atoms with Gasteiger partial charge in [0.1, 0.15) is 0 Å². The molecule has 0 saturated heterocycles. The summed E-state index contributed by atoms with van der Waals surface area (Å²) < 4.78 is 10.3. The van der Waals surface area contributed by atoms with Gasteiger partial charge in [-0.25, -0.2) is 9.78 Å². The van der Waals surface area contributed by atoms with Crippen molar-refractivity contribution in [3.8, 4) is 17.4 Å². The smallest absolute Gasteiger partial charge is 0.356 e. The van der Waals surface area contributed by atoms with Gasteiger partial charge in [0, 0.05) is 6.07 Å². The van der Waals surface area contributed by atoms with Gasteiger partial charge < -0.3 is 14.6 Å². The number of nitro groups is 1. The highest BCUT2D eigenvalue weighted by atomic mass is 16.6. The highest BCUT2D eigenvalue weighted by molar-refractivity contribution is 5.84. The molecule has 108 valence electrons. The predicted octanol–water partition coefficient (Wildman–Crippen LogP) is 1.88. The first-order valence-electron chi connectivity index (χ1n) is 5.57. The summed E-state index contributed by atoms with van der Waals surface area (Å²) >= 11 is 0. The summed E-state index contributed by atoms with van der Waals surface area (Å²) in [7, 11) is 1.32. The minimum Gasteiger partial charge on any atom is -0.493 e. The van der Waals surface area contributed by atoms with Gasteiger partial charge in [-0.1, -0.05) is 0 Å². The minimum absolute atomic E-state index is 0.0675. The Morgan fingerprint density at radius 3 is 2.71 bits per heavy atom. The highest BCUT2D eigenvalue weighted by Gasteiger charge is 2.14. The van der Waals surface area contributed by atoms with Gasteiger partial charge in [0.25, 0.3) is 5.69 Å². The zero-order valence-electron chi connectivity index (χ0n) is 10.7. The first-order chi connectivity index (χ1) is 10.0. The lowest BCUT2D eigenvalue weighted by atomic mass is 10.3. The van der Waals surface area contributed by atoms with E-state index < -0.39 is 10.9 Å². The van der Waals surface area contributed by atoms with Crippen LogP contribution in [0.25, 0.3) is 0 Å². The van der Waals surface area contributed by atoms with E-state index in [4.69, 9.17) is 14.6 Å². The van der Waals surface area contributed by atoms with Crippen LogP contribution in [-0.4, -0.2) is 33.1 Å². The monoisotopic (exact) mass is 291 g/mol. The van der Waals surface area contributed by atoms with E-state index in [2.05, 4.69) is 9.97 Å². The van der Waals surface area contributed by atoms with E-state index in [1.54, 1.807) is 0 Å². The Kier molecular flexibility index (Phi) is 3.93. The van der Waals surface area contributed by atoms with E-state index >= 15 is 0 Å². The molecule has 0 amide bonds. The third kappa shape index (κ3) is 3.21. The number of methoxy groups -OCH3 is 1. The van der Waals surface area contributed by atoms with Crippen molar-refractivity contribution in [1.29, 1.82) is 0 Å². The maximum Gasteiger partial charge on any atom is 0.356 e. The van der Waals surface area contributed by atoms with Crippen LogP contribution in [0.1, 0.15) is 10.5 Å². The quantitative estimate of drug-likeness (QED) is 0.653. The number of hydrogen-bond donors (Lipinski definition) is 1. The van der Waals surface area contributed by atoms with Gasteiger partial charge in [0.2, 0.25) is 5.88 Å². The largest absolute Gasteiger partial charge is 0.493 e. The van der Waals surface area contributed by atoms with Crippen LogP contribution in [0.4, 0.5) is 5.69 Å². The van der Waals surface area contributed by atoms with Crippen LogP contribution in [0.5, 0.6) is 17.4 Å². The van der Waals surface area contributed by atoms with Gasteiger partial charge in [-0.2, -0.15) is 0 Å². The number of benzene rings is 1. The number of carboxylic acid groups (broad SMARTS) is 1. The molecule has 1 aromatic carbocycles. The maximum absolute atomic E-state index is 10.8. The van der Waals surface area contributed by atoms with E-state index in [-0.39, 0.29) is 28.8 Å². The van der Waals surface area contributed by atoms with Crippen molar-refractivity contribution >= 4 is 11.7 Å². The van der Waals surface area contributed by atoms with Crippen LogP contribution in [0.2, 0.25) is 0 Å². The number of non-ortho nitro benzene ring substituents is 1. The molecule has 9 nitrogen and oxygen atoms in total. The number of aromatic nitrogens is 2. The number of carbonyl (C=O) groups is 1. The van der Waals surface area contributed by atoms with Crippen molar-refractivity contribution in [2.24, 2.45) is 0 Å². The van der Waals surface area contributed by atoms with Crippen molar-refractivity contribution < 1.29 is 24.3 Å². The normalized spacial score (nSPS) is 9.95. The fourth-order valence-electron chi connectivity index (χ4n) is 1.47. The molecule has 0 bridgehead atoms. The molecular formula is C12H9N3O6. The van der Waals surface area contributed by atoms with Gasteiger partial charge in [-0.05, 0) is 6.07 Å². The van der Waals surface area contributed by atoms with Crippen LogP contribution in [0.3, 0.4) is 0 Å². The van der Waals surface area contributed by atoms with Crippen LogP contribution >= 0.6 is 0 Å². The van der Waals surface area contributed by atoms with Crippen molar-refractivity contribution in [2.75, 3.05) is 7.11 Å². The van der Waals surface area contributed by atoms with Gasteiger partial charge in [0.05, 0.1) is 30.5 Å². The van der Waals surface area contributed by atoms with Gasteiger partial charge in [0.15, 0.2) is 17.2 Å². The molecule has 2 aromatic rings. The first-order valence-corrected chi connectivity index (χ1v) is 5.57. The fraction of sp³-hybridized carbons (Fsp3) is 0.0833. The average molecular weight is 291 g/mol. The van der Waals surface area contributed by atoms with E-state index in [0.717, 1.165) is 6.20 Å². The van der Waals surface area contributed by atoms with Crippen LogP contribution in [0.15, 0.2) is 30.6 Å². The molecular weight excluding hydrogens is 282 g/mol. The molecule has 1 aromatic heterocycles. The van der Waals surface area contributed by atoms with Crippen LogP contribution < -0.4 is 9.47 Å². The maximum atomic E-state index is 10.8. The summed E-state index contributed by atoms with van der Waals surface area (Å²) in [4.78, 5) is 28.3. The zero-order valence-corrected chi connectivity index (χ0v) is 10.7. The number of hydrogen-bond acceptors (Lipinski definition) is 7. The third-order valence-corrected chi connectivity index (χ3v) is 2.40. The number of rotatable bonds is 5. The molecule has 0 aliphatic rings. The van der Waals surface area contributed by atoms with Gasteiger partial charge in [-0.3, -0.25) is 15.1 Å². The second kappa shape index (κ2) is 5.82. The highest BCUT2D eigenvalue weighted by Crippen LogP contribution is 2.33. The summed E-state index contributed by atoms with van der Waals surface area (Å²) in [6.45, 7) is 0. The Morgan fingerprint density at radius 2 is 2.10 bits per heavy atom. The molecule has 1 heterocycles. The van der Waals surface area contributed by atoms with Crippen molar-refractivity contribution in [3.63, 3.8) is 0 Å². The van der Waals surface area contributed by atoms with Crippen molar-refractivity contribution in [3.05, 3.63) is 46.4 Å². The Bertz CT molecular complexity index is 703. The molecule has 9 heteroatoms. The summed E-state index contributed by atoms with van der Waals surface area (Å²) in [5.41, 5.74) is -0.446. The lowest BCUT2D eigenvalue weighted by molar-refractivity contribution is -0.384. The number of nitrogens with zero attached hydrogens (tertiary/aromatic N) is 3. The molecule has 0 aliphatic carbocycles. The summed E-state index contributed by atoms with van der Waals surface area (Å²) in [5, 5.41) is 19.5. The second-order valence-electron chi connectivity index (χ2n) is 3.74. The van der Waals surface area contributed by atoms with E-state index in [1.165, 1.54) is 31.5 Å². The van der Waals surface area contributed by atoms with Gasteiger partial charge >= 0.3 is 5.97 Å². The Hall–Kier alpha value is -3.23. The fourth-order valence-corrected chi connectivity index (χ4v) is 1.47. The standard InChI is InChI=1S/C12H9N3O6/c1-20-10-4-7(15(18)19)2-3-9(10)21-11-6-13-5-8(14-11)12(16)17/h2-6H,1H3,(H,16,17).